The van der Waals surface area contributed by atoms with Gasteiger partial charge in [-0.15, -0.1) is 0 Å². The van der Waals surface area contributed by atoms with Crippen molar-refractivity contribution in [3.8, 4) is 0 Å². The summed E-state index contributed by atoms with van der Waals surface area (Å²) in [6.07, 6.45) is 2.59. The quantitative estimate of drug-likeness (QED) is 0.523. The number of hydrogen-bond acceptors (Lipinski definition) is 1. The summed E-state index contributed by atoms with van der Waals surface area (Å²) in [5, 5.41) is 1.14. The highest BCUT2D eigenvalue weighted by atomic mass is 79.9. The van der Waals surface area contributed by atoms with Gasteiger partial charge in [0.05, 0.1) is 0 Å². The van der Waals surface area contributed by atoms with Crippen LogP contribution in [-0.4, -0.2) is 30.4 Å². The average Bonchev–Trinajstić information content (AvgIpc) is 1.84. The highest BCUT2D eigenvalue weighted by Gasteiger charge is 2.12. The summed E-state index contributed by atoms with van der Waals surface area (Å²) >= 11 is 3.44. The van der Waals surface area contributed by atoms with E-state index in [1.165, 1.54) is 25.9 Å². The molecular weight excluding hydrogens is 214 g/mol. The van der Waals surface area contributed by atoms with Gasteiger partial charge in [0.1, 0.15) is 0 Å². The minimum atomic E-state index is 0.434. The monoisotopic (exact) mass is 235 g/mol. The molecule has 2 heteroatoms. The number of unbranched alkanes of at least 4 members (excludes halogenated alkanes) is 1. The second-order valence-electron chi connectivity index (χ2n) is 4.69. The van der Waals surface area contributed by atoms with E-state index in [-0.39, 0.29) is 0 Å². The fraction of sp³-hybridized carbons (Fsp3) is 1.00. The van der Waals surface area contributed by atoms with Crippen molar-refractivity contribution >= 4 is 15.9 Å². The van der Waals surface area contributed by atoms with Gasteiger partial charge in [-0.05, 0) is 31.8 Å². The van der Waals surface area contributed by atoms with E-state index < -0.39 is 0 Å². The molecule has 0 rings (SSSR count). The Morgan fingerprint density at radius 3 is 2.17 bits per heavy atom. The largest absolute Gasteiger partial charge is 0.306 e. The number of halogens is 1. The Morgan fingerprint density at radius 2 is 1.75 bits per heavy atom. The normalized spacial score (nSPS) is 12.5. The van der Waals surface area contributed by atoms with Crippen LogP contribution >= 0.6 is 15.9 Å². The van der Waals surface area contributed by atoms with Crippen LogP contribution in [0, 0.1) is 5.41 Å². The van der Waals surface area contributed by atoms with Crippen molar-refractivity contribution in [1.82, 2.24) is 4.90 Å². The molecule has 0 amide bonds. The first-order valence-electron chi connectivity index (χ1n) is 4.70. The second kappa shape index (κ2) is 5.98. The molecule has 0 N–H and O–H groups in total. The molecule has 0 fully saturated rings. The summed E-state index contributed by atoms with van der Waals surface area (Å²) < 4.78 is 0. The van der Waals surface area contributed by atoms with Crippen LogP contribution in [0.4, 0.5) is 0 Å². The topological polar surface area (TPSA) is 3.24 Å². The summed E-state index contributed by atoms with van der Waals surface area (Å²) in [6, 6.07) is 0. The first-order chi connectivity index (χ1) is 5.45. The molecule has 0 unspecified atom stereocenters. The smallest absolute Gasteiger partial charge is 0.00317 e. The van der Waals surface area contributed by atoms with Gasteiger partial charge in [-0.1, -0.05) is 36.7 Å². The lowest BCUT2D eigenvalue weighted by molar-refractivity contribution is 0.225. The highest BCUT2D eigenvalue weighted by Crippen LogP contribution is 2.14. The lowest BCUT2D eigenvalue weighted by Crippen LogP contribution is -2.30. The van der Waals surface area contributed by atoms with E-state index in [2.05, 4.69) is 48.6 Å². The maximum Gasteiger partial charge on any atom is 0.00317 e. The van der Waals surface area contributed by atoms with Crippen LogP contribution in [0.3, 0.4) is 0 Å². The van der Waals surface area contributed by atoms with Gasteiger partial charge < -0.3 is 4.90 Å². The van der Waals surface area contributed by atoms with Crippen LogP contribution in [0.15, 0.2) is 0 Å². The molecule has 1 nitrogen and oxygen atoms in total. The molecule has 0 heterocycles. The van der Waals surface area contributed by atoms with Crippen LogP contribution < -0.4 is 0 Å². The van der Waals surface area contributed by atoms with Gasteiger partial charge in [0.15, 0.2) is 0 Å². The summed E-state index contributed by atoms with van der Waals surface area (Å²) in [6.45, 7) is 9.27. The van der Waals surface area contributed by atoms with Gasteiger partial charge in [0.25, 0.3) is 0 Å². The van der Waals surface area contributed by atoms with Gasteiger partial charge in [-0.2, -0.15) is 0 Å². The third-order valence-corrected chi connectivity index (χ3v) is 2.23. The van der Waals surface area contributed by atoms with Crippen molar-refractivity contribution < 1.29 is 0 Å². The molecule has 0 bridgehead atoms. The third kappa shape index (κ3) is 8.54. The van der Waals surface area contributed by atoms with Gasteiger partial charge in [-0.25, -0.2) is 0 Å². The van der Waals surface area contributed by atoms with E-state index in [1.807, 2.05) is 0 Å². The van der Waals surface area contributed by atoms with Crippen molar-refractivity contribution in [3.63, 3.8) is 0 Å². The Labute approximate surface area is 85.7 Å². The summed E-state index contributed by atoms with van der Waals surface area (Å²) in [4.78, 5) is 2.42. The first kappa shape index (κ1) is 12.4. The lowest BCUT2D eigenvalue weighted by atomic mass is 9.96. The molecule has 0 aromatic rings. The SMILES string of the molecule is CN(CCCCBr)CC(C)(C)C. The van der Waals surface area contributed by atoms with Crippen LogP contribution in [0.5, 0.6) is 0 Å². The molecule has 0 saturated heterocycles. The first-order valence-corrected chi connectivity index (χ1v) is 5.82. The van der Waals surface area contributed by atoms with E-state index in [4.69, 9.17) is 0 Å². The molecular formula is C10H22BrN. The molecule has 0 atom stereocenters. The summed E-state index contributed by atoms with van der Waals surface area (Å²) in [7, 11) is 2.21. The number of alkyl halides is 1. The summed E-state index contributed by atoms with van der Waals surface area (Å²) in [5.41, 5.74) is 0.434. The van der Waals surface area contributed by atoms with Gasteiger partial charge >= 0.3 is 0 Å². The Hall–Kier alpha value is 0.440. The van der Waals surface area contributed by atoms with E-state index in [0.29, 0.717) is 5.41 Å². The van der Waals surface area contributed by atoms with Gasteiger partial charge in [-0.3, -0.25) is 0 Å². The van der Waals surface area contributed by atoms with Crippen molar-refractivity contribution in [1.29, 1.82) is 0 Å². The van der Waals surface area contributed by atoms with Crippen LogP contribution in [0.2, 0.25) is 0 Å². The molecule has 0 aliphatic rings. The number of nitrogens with zero attached hydrogens (tertiary/aromatic N) is 1. The third-order valence-electron chi connectivity index (χ3n) is 1.67. The average molecular weight is 236 g/mol. The van der Waals surface area contributed by atoms with Crippen molar-refractivity contribution in [3.05, 3.63) is 0 Å². The van der Waals surface area contributed by atoms with E-state index >= 15 is 0 Å². The molecule has 0 spiro atoms. The zero-order valence-electron chi connectivity index (χ0n) is 8.86. The van der Waals surface area contributed by atoms with Crippen molar-refractivity contribution in [2.24, 2.45) is 5.41 Å². The molecule has 0 radical (unpaired) electrons. The minimum Gasteiger partial charge on any atom is -0.306 e. The molecule has 0 aromatic heterocycles. The molecule has 0 aromatic carbocycles. The van der Waals surface area contributed by atoms with Crippen LogP contribution in [0.1, 0.15) is 33.6 Å². The fourth-order valence-corrected chi connectivity index (χ4v) is 1.76. The van der Waals surface area contributed by atoms with Gasteiger partial charge in [0, 0.05) is 11.9 Å². The molecule has 12 heavy (non-hydrogen) atoms. The van der Waals surface area contributed by atoms with E-state index in [1.54, 1.807) is 0 Å². The van der Waals surface area contributed by atoms with Crippen LogP contribution in [-0.2, 0) is 0 Å². The minimum absolute atomic E-state index is 0.434. The maximum atomic E-state index is 3.44. The zero-order valence-corrected chi connectivity index (χ0v) is 10.4. The fourth-order valence-electron chi connectivity index (χ4n) is 1.37. The number of rotatable bonds is 5. The van der Waals surface area contributed by atoms with Crippen LogP contribution in [0.25, 0.3) is 0 Å². The Kier molecular flexibility index (Phi) is 6.20. The van der Waals surface area contributed by atoms with E-state index in [9.17, 15) is 0 Å². The van der Waals surface area contributed by atoms with Crippen molar-refractivity contribution in [2.45, 2.75) is 33.6 Å². The second-order valence-corrected chi connectivity index (χ2v) is 5.49. The maximum absolute atomic E-state index is 3.44. The van der Waals surface area contributed by atoms with Crippen molar-refractivity contribution in [2.75, 3.05) is 25.5 Å². The Morgan fingerprint density at radius 1 is 1.17 bits per heavy atom. The Balaban J connectivity index is 3.40. The molecule has 0 aliphatic carbocycles. The van der Waals surface area contributed by atoms with E-state index in [0.717, 1.165) is 5.33 Å². The molecule has 74 valence electrons. The standard InChI is InChI=1S/C10H22BrN/c1-10(2,3)9-12(4)8-6-5-7-11/h5-9H2,1-4H3. The lowest BCUT2D eigenvalue weighted by Gasteiger charge is -2.26. The Bertz CT molecular complexity index is 107. The highest BCUT2D eigenvalue weighted by molar-refractivity contribution is 9.09. The molecule has 0 aliphatic heterocycles. The number of hydrogen-bond donors (Lipinski definition) is 0. The summed E-state index contributed by atoms with van der Waals surface area (Å²) in [5.74, 6) is 0. The molecule has 0 saturated carbocycles. The van der Waals surface area contributed by atoms with Gasteiger partial charge in [0.2, 0.25) is 0 Å². The zero-order chi connectivity index (χ0) is 9.61. The predicted octanol–water partition coefficient (Wildman–Crippen LogP) is 3.14. The predicted molar refractivity (Wildman–Crippen MR) is 60.0 cm³/mol.